The average molecular weight is 164 g/mol. The zero-order valence-corrected chi connectivity index (χ0v) is 6.95. The summed E-state index contributed by atoms with van der Waals surface area (Å²) in [6, 6.07) is 0. The van der Waals surface area contributed by atoms with E-state index in [1.54, 1.807) is 0 Å². The Hall–Kier alpha value is -0.920. The van der Waals surface area contributed by atoms with Crippen LogP contribution in [0.25, 0.3) is 0 Å². The number of hydrogen-bond donors (Lipinski definition) is 0. The Bertz CT molecular complexity index is 239. The highest BCUT2D eigenvalue weighted by molar-refractivity contribution is 5.32. The molecular formula is C10H12O2. The van der Waals surface area contributed by atoms with Crippen molar-refractivity contribution in [3.05, 3.63) is 23.7 Å². The van der Waals surface area contributed by atoms with Crippen molar-refractivity contribution in [1.82, 2.24) is 0 Å². The predicted molar refractivity (Wildman–Crippen MR) is 44.3 cm³/mol. The third-order valence-corrected chi connectivity index (χ3v) is 2.67. The molecule has 2 atom stereocenters. The first-order chi connectivity index (χ1) is 5.93. The molecule has 3 rings (SSSR count). The first kappa shape index (κ1) is 6.58. The largest absolute Gasteiger partial charge is 0.490 e. The minimum atomic E-state index is 0.755. The first-order valence-electron chi connectivity index (χ1n) is 4.63. The van der Waals surface area contributed by atoms with E-state index >= 15 is 0 Å². The summed E-state index contributed by atoms with van der Waals surface area (Å²) in [6.45, 7) is 1.61. The van der Waals surface area contributed by atoms with Gasteiger partial charge in [-0.05, 0) is 30.4 Å². The lowest BCUT2D eigenvalue weighted by molar-refractivity contribution is 0.215. The summed E-state index contributed by atoms with van der Waals surface area (Å²) in [7, 11) is 0. The predicted octanol–water partition coefficient (Wildman–Crippen LogP) is 1.84. The van der Waals surface area contributed by atoms with Gasteiger partial charge in [-0.25, -0.2) is 0 Å². The number of hydrogen-bond acceptors (Lipinski definition) is 2. The second-order valence-electron chi connectivity index (χ2n) is 3.68. The minimum absolute atomic E-state index is 0.755. The molecule has 2 aliphatic carbocycles. The molecule has 0 aromatic carbocycles. The molecule has 12 heavy (non-hydrogen) atoms. The summed E-state index contributed by atoms with van der Waals surface area (Å²) < 4.78 is 11.1. The van der Waals surface area contributed by atoms with Crippen molar-refractivity contribution in [2.75, 3.05) is 13.2 Å². The lowest BCUT2D eigenvalue weighted by Crippen LogP contribution is -2.00. The van der Waals surface area contributed by atoms with E-state index in [1.807, 2.05) is 0 Å². The van der Waals surface area contributed by atoms with E-state index in [0.717, 1.165) is 43.0 Å². The number of ether oxygens (including phenoxy) is 2. The van der Waals surface area contributed by atoms with E-state index < -0.39 is 0 Å². The van der Waals surface area contributed by atoms with E-state index in [9.17, 15) is 0 Å². The highest BCUT2D eigenvalue weighted by Gasteiger charge is 2.39. The summed E-state index contributed by atoms with van der Waals surface area (Å²) in [5.74, 6) is 3.49. The van der Waals surface area contributed by atoms with E-state index in [0.29, 0.717) is 0 Å². The number of rotatable bonds is 0. The van der Waals surface area contributed by atoms with Crippen LogP contribution in [0, 0.1) is 11.8 Å². The minimum Gasteiger partial charge on any atom is -0.490 e. The number of fused-ring (bicyclic) bond motifs is 2. The van der Waals surface area contributed by atoms with Gasteiger partial charge in [0, 0.05) is 6.42 Å². The Balaban J connectivity index is 1.92. The van der Waals surface area contributed by atoms with Crippen LogP contribution in [0.15, 0.2) is 23.7 Å². The van der Waals surface area contributed by atoms with E-state index in [2.05, 4.69) is 12.2 Å². The zero-order chi connectivity index (χ0) is 7.97. The fourth-order valence-electron chi connectivity index (χ4n) is 1.83. The van der Waals surface area contributed by atoms with Gasteiger partial charge in [-0.15, -0.1) is 0 Å². The molecule has 0 N–H and O–H groups in total. The van der Waals surface area contributed by atoms with Crippen LogP contribution < -0.4 is 0 Å². The smallest absolute Gasteiger partial charge is 0.157 e. The maximum atomic E-state index is 5.57. The maximum absolute atomic E-state index is 5.57. The molecule has 3 aliphatic rings. The Labute approximate surface area is 71.9 Å². The molecule has 0 spiro atoms. The van der Waals surface area contributed by atoms with Crippen LogP contribution >= 0.6 is 0 Å². The molecule has 0 radical (unpaired) electrons. The van der Waals surface area contributed by atoms with E-state index in [1.165, 1.54) is 6.42 Å². The van der Waals surface area contributed by atoms with E-state index in [4.69, 9.17) is 9.47 Å². The van der Waals surface area contributed by atoms with Crippen molar-refractivity contribution in [1.29, 1.82) is 0 Å². The lowest BCUT2D eigenvalue weighted by atomic mass is 10.1. The van der Waals surface area contributed by atoms with Gasteiger partial charge in [0.1, 0.15) is 0 Å². The topological polar surface area (TPSA) is 18.5 Å². The van der Waals surface area contributed by atoms with Gasteiger partial charge in [0.05, 0.1) is 13.2 Å². The molecule has 1 aliphatic heterocycles. The van der Waals surface area contributed by atoms with Crippen molar-refractivity contribution >= 4 is 0 Å². The summed E-state index contributed by atoms with van der Waals surface area (Å²) in [4.78, 5) is 0. The van der Waals surface area contributed by atoms with E-state index in [-0.39, 0.29) is 0 Å². The Morgan fingerprint density at radius 1 is 1.00 bits per heavy atom. The lowest BCUT2D eigenvalue weighted by Gasteiger charge is -2.12. The van der Waals surface area contributed by atoms with Crippen LogP contribution in [-0.2, 0) is 9.47 Å². The summed E-state index contributed by atoms with van der Waals surface area (Å²) >= 11 is 0. The van der Waals surface area contributed by atoms with Crippen LogP contribution in [0.5, 0.6) is 0 Å². The normalized spacial score (nSPS) is 37.3. The molecule has 2 fully saturated rings. The summed E-state index contributed by atoms with van der Waals surface area (Å²) in [5.41, 5.74) is 0. The molecule has 0 bridgehead atoms. The van der Waals surface area contributed by atoms with Gasteiger partial charge in [-0.1, -0.05) is 0 Å². The fourth-order valence-corrected chi connectivity index (χ4v) is 1.83. The van der Waals surface area contributed by atoms with Gasteiger partial charge < -0.3 is 9.47 Å². The van der Waals surface area contributed by atoms with Gasteiger partial charge in [-0.3, -0.25) is 0 Å². The highest BCUT2D eigenvalue weighted by atomic mass is 16.5. The first-order valence-corrected chi connectivity index (χ1v) is 4.63. The molecule has 0 amide bonds. The van der Waals surface area contributed by atoms with Gasteiger partial charge in [0.25, 0.3) is 0 Å². The molecule has 2 unspecified atom stereocenters. The van der Waals surface area contributed by atoms with Crippen LogP contribution in [0.4, 0.5) is 0 Å². The number of allylic oxidation sites excluding steroid dienone is 2. The summed E-state index contributed by atoms with van der Waals surface area (Å²) in [6.07, 6.45) is 6.75. The van der Waals surface area contributed by atoms with Crippen molar-refractivity contribution in [3.63, 3.8) is 0 Å². The van der Waals surface area contributed by atoms with Crippen LogP contribution in [0.2, 0.25) is 0 Å². The average Bonchev–Trinajstić information content (AvgIpc) is 2.81. The molecule has 64 valence electrons. The van der Waals surface area contributed by atoms with Gasteiger partial charge >= 0.3 is 0 Å². The quantitative estimate of drug-likeness (QED) is 0.544. The Morgan fingerprint density at radius 3 is 2.17 bits per heavy atom. The monoisotopic (exact) mass is 164 g/mol. The van der Waals surface area contributed by atoms with Crippen LogP contribution in [0.3, 0.4) is 0 Å². The molecule has 1 heterocycles. The third kappa shape index (κ3) is 0.942. The highest BCUT2D eigenvalue weighted by Crippen LogP contribution is 2.47. The maximum Gasteiger partial charge on any atom is 0.157 e. The molecule has 1 saturated heterocycles. The molecule has 2 heteroatoms. The second kappa shape index (κ2) is 2.28. The molecule has 1 saturated carbocycles. The second-order valence-corrected chi connectivity index (χ2v) is 3.68. The SMILES string of the molecule is C1=C2OCCCOC2=CC2CC12. The van der Waals surface area contributed by atoms with Crippen molar-refractivity contribution in [2.24, 2.45) is 11.8 Å². The van der Waals surface area contributed by atoms with Gasteiger partial charge in [0.2, 0.25) is 0 Å². The molecular weight excluding hydrogens is 152 g/mol. The van der Waals surface area contributed by atoms with Gasteiger partial charge in [0.15, 0.2) is 11.5 Å². The van der Waals surface area contributed by atoms with Crippen molar-refractivity contribution in [2.45, 2.75) is 12.8 Å². The Morgan fingerprint density at radius 2 is 1.58 bits per heavy atom. The molecule has 0 aromatic rings. The summed E-state index contributed by atoms with van der Waals surface area (Å²) in [5, 5.41) is 0. The fraction of sp³-hybridized carbons (Fsp3) is 0.600. The molecule has 0 aromatic heterocycles. The van der Waals surface area contributed by atoms with Gasteiger partial charge in [-0.2, -0.15) is 0 Å². The third-order valence-electron chi connectivity index (χ3n) is 2.67. The Kier molecular flexibility index (Phi) is 1.25. The van der Waals surface area contributed by atoms with Crippen LogP contribution in [-0.4, -0.2) is 13.2 Å². The van der Waals surface area contributed by atoms with Crippen molar-refractivity contribution in [3.8, 4) is 0 Å². The zero-order valence-electron chi connectivity index (χ0n) is 6.95. The standard InChI is InChI=1S/C10H12O2/c1-2-11-9-5-7-4-8(7)6-10(9)12-3-1/h5-8H,1-4H2. The van der Waals surface area contributed by atoms with Crippen LogP contribution in [0.1, 0.15) is 12.8 Å². The molecule has 2 nitrogen and oxygen atoms in total. The van der Waals surface area contributed by atoms with Crippen molar-refractivity contribution < 1.29 is 9.47 Å².